The van der Waals surface area contributed by atoms with E-state index in [-0.39, 0.29) is 51.7 Å². The minimum atomic E-state index is -0.927. The lowest BCUT2D eigenvalue weighted by molar-refractivity contribution is -0.208. The van der Waals surface area contributed by atoms with Gasteiger partial charge in [-0.1, -0.05) is 65.3 Å². The van der Waals surface area contributed by atoms with Crippen molar-refractivity contribution in [2.45, 2.75) is 145 Å². The summed E-state index contributed by atoms with van der Waals surface area (Å²) in [5.41, 5.74) is 3.62. The molecular formula is C46H69N5O5. The molecule has 2 N–H and O–H groups in total. The SMILES string of the molecule is CC[C@@]12CC[C@@]3([C@@H](O)CN(CC4CC4)C(=O)CN4CCCC4)CC(=O)C(C(C)C)=C3[C@H]1CC[C@@H]1[C@@]3(C)CC=C(c4cn(CC(=O)O)nn4)C(C)(C)[C@@H]3CC[C@]12C. The van der Waals surface area contributed by atoms with E-state index in [2.05, 4.69) is 69.8 Å². The zero-order chi connectivity index (χ0) is 40.0. The summed E-state index contributed by atoms with van der Waals surface area (Å²) in [5.74, 6) is 1.24. The number of amides is 1. The largest absolute Gasteiger partial charge is 0.480 e. The predicted molar refractivity (Wildman–Crippen MR) is 216 cm³/mol. The van der Waals surface area contributed by atoms with Gasteiger partial charge in [-0.3, -0.25) is 19.3 Å². The van der Waals surface area contributed by atoms with E-state index in [1.165, 1.54) is 15.8 Å². The van der Waals surface area contributed by atoms with Crippen molar-refractivity contribution >= 4 is 23.2 Å². The highest BCUT2D eigenvalue weighted by atomic mass is 16.4. The van der Waals surface area contributed by atoms with Gasteiger partial charge < -0.3 is 15.1 Å². The number of aliphatic hydroxyl groups is 1. The number of aromatic nitrogens is 3. The maximum atomic E-state index is 14.4. The predicted octanol–water partition coefficient (Wildman–Crippen LogP) is 7.42. The van der Waals surface area contributed by atoms with Gasteiger partial charge in [-0.15, -0.1) is 5.10 Å². The Morgan fingerprint density at radius 2 is 1.71 bits per heavy atom. The number of aliphatic carboxylic acids is 1. The lowest BCUT2D eigenvalue weighted by Crippen LogP contribution is -2.65. The van der Waals surface area contributed by atoms with Crippen molar-refractivity contribution in [3.63, 3.8) is 0 Å². The fraction of sp³-hybridized carbons (Fsp3) is 0.804. The van der Waals surface area contributed by atoms with Crippen LogP contribution in [-0.2, 0) is 20.9 Å². The Morgan fingerprint density at radius 3 is 2.38 bits per heavy atom. The number of allylic oxidation sites excluding steroid dienone is 3. The van der Waals surface area contributed by atoms with Crippen LogP contribution in [-0.4, -0.2) is 91.5 Å². The molecule has 0 bridgehead atoms. The van der Waals surface area contributed by atoms with Crippen molar-refractivity contribution in [1.82, 2.24) is 24.8 Å². The van der Waals surface area contributed by atoms with E-state index in [0.717, 1.165) is 108 Å². The number of rotatable bonds is 12. The van der Waals surface area contributed by atoms with Gasteiger partial charge >= 0.3 is 5.97 Å². The summed E-state index contributed by atoms with van der Waals surface area (Å²) < 4.78 is 1.43. The molecule has 5 fully saturated rings. The Bertz CT molecular complexity index is 1800. The Labute approximate surface area is 334 Å². The molecule has 56 heavy (non-hydrogen) atoms. The molecule has 1 saturated heterocycles. The topological polar surface area (TPSA) is 129 Å². The first kappa shape index (κ1) is 40.0. The minimum absolute atomic E-state index is 0.0140. The highest BCUT2D eigenvalue weighted by Gasteiger charge is 2.71. The van der Waals surface area contributed by atoms with E-state index in [1.54, 1.807) is 6.20 Å². The van der Waals surface area contributed by atoms with Crippen molar-refractivity contribution in [3.05, 3.63) is 29.1 Å². The normalized spacial score (nSPS) is 37.1. The van der Waals surface area contributed by atoms with Crippen molar-refractivity contribution < 1.29 is 24.6 Å². The van der Waals surface area contributed by atoms with Gasteiger partial charge in [0.25, 0.3) is 0 Å². The number of ketones is 1. The number of hydrogen-bond acceptors (Lipinski definition) is 7. The van der Waals surface area contributed by atoms with E-state index in [4.69, 9.17) is 0 Å². The van der Waals surface area contributed by atoms with Gasteiger partial charge in [-0.05, 0) is 153 Å². The standard InChI is InChI=1S/C46H69N5O5/c1-8-46-20-19-45(37(53)26-50(24-30-11-12-30)38(54)27-49-21-9-10-22-49)23-34(52)40(29(2)3)41(45)32(46)13-14-36-43(6)17-15-31(33-25-51(48-47-33)28-39(55)56)42(4,5)35(43)16-18-44(36,46)7/h15,25,29-30,32,35-37,53H,8-14,16-24,26-28H2,1-7H3,(H,55,56)/t32-,35+,36-,37+,43+,44-,45+,46-/m1/s1. The number of likely N-dealkylation sites (tertiary alicyclic amines) is 1. The third kappa shape index (κ3) is 6.11. The number of carboxylic acid groups (broad SMARTS) is 1. The Kier molecular flexibility index (Phi) is 10.1. The second-order valence-electron chi connectivity index (χ2n) is 20.9. The van der Waals surface area contributed by atoms with Crippen LogP contribution >= 0.6 is 0 Å². The Hall–Kier alpha value is -2.85. The molecule has 308 valence electrons. The molecule has 1 amide bonds. The van der Waals surface area contributed by atoms with Crippen LogP contribution in [0.4, 0.5) is 0 Å². The molecule has 0 aromatic carbocycles. The number of hydrogen-bond donors (Lipinski definition) is 2. The number of nitrogens with zero attached hydrogens (tertiary/aromatic N) is 5. The lowest BCUT2D eigenvalue weighted by Gasteiger charge is -2.72. The first-order chi connectivity index (χ1) is 26.5. The second kappa shape index (κ2) is 14.2. The van der Waals surface area contributed by atoms with Crippen LogP contribution in [0.5, 0.6) is 0 Å². The number of fused-ring (bicyclic) bond motifs is 7. The van der Waals surface area contributed by atoms with Gasteiger partial charge in [-0.2, -0.15) is 0 Å². The summed E-state index contributed by atoms with van der Waals surface area (Å²) in [6.07, 6.45) is 16.6. The first-order valence-corrected chi connectivity index (χ1v) is 22.3. The van der Waals surface area contributed by atoms with Crippen LogP contribution in [0.3, 0.4) is 0 Å². The molecule has 4 saturated carbocycles. The summed E-state index contributed by atoms with van der Waals surface area (Å²) in [6, 6.07) is 0. The van der Waals surface area contributed by atoms with Crippen molar-refractivity contribution in [3.8, 4) is 0 Å². The minimum Gasteiger partial charge on any atom is -0.480 e. The zero-order valence-corrected chi connectivity index (χ0v) is 35.4. The number of carboxylic acids is 1. The summed E-state index contributed by atoms with van der Waals surface area (Å²) in [5, 5.41) is 30.7. The molecule has 1 aromatic rings. The molecule has 8 atom stereocenters. The number of Topliss-reactive ketones (excluding diaryl/α,β-unsaturated/α-hetero) is 1. The van der Waals surface area contributed by atoms with Crippen LogP contribution < -0.4 is 0 Å². The van der Waals surface area contributed by atoms with E-state index in [0.29, 0.717) is 37.3 Å². The van der Waals surface area contributed by atoms with Gasteiger partial charge in [0.15, 0.2) is 5.78 Å². The van der Waals surface area contributed by atoms with Gasteiger partial charge in [0.05, 0.1) is 18.8 Å². The average molecular weight is 772 g/mol. The average Bonchev–Trinajstić information content (AvgIpc) is 3.45. The summed E-state index contributed by atoms with van der Waals surface area (Å²) >= 11 is 0. The van der Waals surface area contributed by atoms with E-state index >= 15 is 0 Å². The molecule has 10 heteroatoms. The molecule has 1 aromatic heterocycles. The summed E-state index contributed by atoms with van der Waals surface area (Å²) in [7, 11) is 0. The number of carbonyl (C=O) groups excluding carboxylic acids is 2. The highest BCUT2D eigenvalue weighted by Crippen LogP contribution is 2.78. The molecule has 6 aliphatic carbocycles. The van der Waals surface area contributed by atoms with Crippen LogP contribution in [0, 0.1) is 56.7 Å². The quantitative estimate of drug-likeness (QED) is 0.225. The van der Waals surface area contributed by atoms with Crippen LogP contribution in [0.25, 0.3) is 5.57 Å². The van der Waals surface area contributed by atoms with E-state index in [1.807, 2.05) is 4.90 Å². The van der Waals surface area contributed by atoms with E-state index < -0.39 is 17.5 Å². The molecule has 2 heterocycles. The molecule has 8 rings (SSSR count). The number of carbonyl (C=O) groups is 3. The third-order valence-electron chi connectivity index (χ3n) is 17.6. The molecule has 0 radical (unpaired) electrons. The van der Waals surface area contributed by atoms with Crippen molar-refractivity contribution in [1.29, 1.82) is 0 Å². The molecular weight excluding hydrogens is 703 g/mol. The molecule has 1 aliphatic heterocycles. The summed E-state index contributed by atoms with van der Waals surface area (Å²) in [6.45, 7) is 19.9. The number of aliphatic hydroxyl groups excluding tert-OH is 1. The third-order valence-corrected chi connectivity index (χ3v) is 17.6. The molecule has 0 unspecified atom stereocenters. The first-order valence-electron chi connectivity index (χ1n) is 22.3. The highest BCUT2D eigenvalue weighted by molar-refractivity contribution is 6.01. The maximum Gasteiger partial charge on any atom is 0.325 e. The Balaban J connectivity index is 1.12. The fourth-order valence-electron chi connectivity index (χ4n) is 14.9. The van der Waals surface area contributed by atoms with Gasteiger partial charge in [0.2, 0.25) is 5.91 Å². The molecule has 7 aliphatic rings. The van der Waals surface area contributed by atoms with Gasteiger partial charge in [0, 0.05) is 24.9 Å². The zero-order valence-electron chi connectivity index (χ0n) is 35.4. The van der Waals surface area contributed by atoms with Crippen molar-refractivity contribution in [2.24, 2.45) is 56.7 Å². The monoisotopic (exact) mass is 772 g/mol. The fourth-order valence-corrected chi connectivity index (χ4v) is 14.9. The molecule has 10 nitrogen and oxygen atoms in total. The summed E-state index contributed by atoms with van der Waals surface area (Å²) in [4.78, 5) is 44.0. The second-order valence-corrected chi connectivity index (χ2v) is 20.9. The van der Waals surface area contributed by atoms with Crippen LogP contribution in [0.2, 0.25) is 0 Å². The van der Waals surface area contributed by atoms with E-state index in [9.17, 15) is 24.6 Å². The molecule has 0 spiro atoms. The lowest BCUT2D eigenvalue weighted by atomic mass is 9.32. The Morgan fingerprint density at radius 1 is 0.982 bits per heavy atom. The van der Waals surface area contributed by atoms with Gasteiger partial charge in [0.1, 0.15) is 12.2 Å². The van der Waals surface area contributed by atoms with Gasteiger partial charge in [-0.25, -0.2) is 4.68 Å². The smallest absolute Gasteiger partial charge is 0.325 e. The van der Waals surface area contributed by atoms with Crippen LogP contribution in [0.1, 0.15) is 138 Å². The maximum absolute atomic E-state index is 14.4. The van der Waals surface area contributed by atoms with Crippen molar-refractivity contribution in [2.75, 3.05) is 32.7 Å². The van der Waals surface area contributed by atoms with Crippen LogP contribution in [0.15, 0.2) is 23.4 Å².